The standard InChI is InChI=1S/C19H16F2N2O3S/c20-14-6-7-16(21)18(11-14)27(24,25)23-10-8-15(12-23)26-17-5-1-3-13-4-2-9-22-19(13)17/h1-7,9,11,15H,8,10,12H2. The van der Waals surface area contributed by atoms with Crippen molar-refractivity contribution in [3.8, 4) is 5.75 Å². The van der Waals surface area contributed by atoms with Crippen LogP contribution in [-0.2, 0) is 10.0 Å². The summed E-state index contributed by atoms with van der Waals surface area (Å²) in [5, 5.41) is 0.916. The van der Waals surface area contributed by atoms with Crippen molar-refractivity contribution in [2.24, 2.45) is 0 Å². The average Bonchev–Trinajstić information content (AvgIpc) is 3.13. The van der Waals surface area contributed by atoms with Gasteiger partial charge in [-0.1, -0.05) is 18.2 Å². The number of nitrogens with zero attached hydrogens (tertiary/aromatic N) is 2. The van der Waals surface area contributed by atoms with E-state index in [4.69, 9.17) is 4.74 Å². The second kappa shape index (κ2) is 6.86. The molecule has 0 radical (unpaired) electrons. The minimum Gasteiger partial charge on any atom is -0.487 e. The first kappa shape index (κ1) is 17.8. The van der Waals surface area contributed by atoms with E-state index in [2.05, 4.69) is 4.98 Å². The van der Waals surface area contributed by atoms with Gasteiger partial charge in [-0.25, -0.2) is 17.2 Å². The Bertz CT molecular complexity index is 1100. The second-order valence-electron chi connectivity index (χ2n) is 6.30. The molecule has 5 nitrogen and oxygen atoms in total. The van der Waals surface area contributed by atoms with Crippen molar-refractivity contribution in [1.29, 1.82) is 0 Å². The molecule has 2 aromatic carbocycles. The number of pyridine rings is 1. The molecule has 1 atom stereocenters. The molecule has 1 aliphatic heterocycles. The van der Waals surface area contributed by atoms with Crippen LogP contribution < -0.4 is 4.74 Å². The summed E-state index contributed by atoms with van der Waals surface area (Å²) in [4.78, 5) is 3.65. The summed E-state index contributed by atoms with van der Waals surface area (Å²) in [6, 6.07) is 11.7. The third-order valence-corrected chi connectivity index (χ3v) is 6.39. The van der Waals surface area contributed by atoms with Crippen LogP contribution in [0, 0.1) is 11.6 Å². The number of sulfonamides is 1. The van der Waals surface area contributed by atoms with Crippen LogP contribution in [0.25, 0.3) is 10.9 Å². The molecule has 8 heteroatoms. The Morgan fingerprint density at radius 3 is 2.78 bits per heavy atom. The summed E-state index contributed by atoms with van der Waals surface area (Å²) in [5.74, 6) is -1.21. The summed E-state index contributed by atoms with van der Waals surface area (Å²) in [6.07, 6.45) is 1.70. The molecule has 1 aliphatic rings. The van der Waals surface area contributed by atoms with Crippen LogP contribution in [0.1, 0.15) is 6.42 Å². The van der Waals surface area contributed by atoms with E-state index in [0.717, 1.165) is 21.8 Å². The highest BCUT2D eigenvalue weighted by Crippen LogP contribution is 2.29. The van der Waals surface area contributed by atoms with Crippen LogP contribution in [0.15, 0.2) is 59.6 Å². The molecular formula is C19H16F2N2O3S. The summed E-state index contributed by atoms with van der Waals surface area (Å²) in [7, 11) is -4.14. The first-order valence-electron chi connectivity index (χ1n) is 8.41. The van der Waals surface area contributed by atoms with Gasteiger partial charge in [-0.2, -0.15) is 4.31 Å². The Balaban J connectivity index is 1.56. The van der Waals surface area contributed by atoms with Crippen LogP contribution in [0.5, 0.6) is 5.75 Å². The molecule has 27 heavy (non-hydrogen) atoms. The number of hydrogen-bond donors (Lipinski definition) is 0. The fraction of sp³-hybridized carbons (Fsp3) is 0.211. The van der Waals surface area contributed by atoms with Gasteiger partial charge in [-0.15, -0.1) is 0 Å². The first-order valence-corrected chi connectivity index (χ1v) is 9.85. The number of fused-ring (bicyclic) bond motifs is 1. The van der Waals surface area contributed by atoms with Gasteiger partial charge in [-0.05, 0) is 36.8 Å². The topological polar surface area (TPSA) is 59.5 Å². The van der Waals surface area contributed by atoms with Gasteiger partial charge >= 0.3 is 0 Å². The van der Waals surface area contributed by atoms with E-state index in [0.29, 0.717) is 23.8 Å². The molecule has 1 unspecified atom stereocenters. The number of rotatable bonds is 4. The van der Waals surface area contributed by atoms with Crippen molar-refractivity contribution < 1.29 is 21.9 Å². The van der Waals surface area contributed by atoms with E-state index >= 15 is 0 Å². The Hall–Kier alpha value is -2.58. The number of halogens is 2. The minimum atomic E-state index is -4.14. The highest BCUT2D eigenvalue weighted by atomic mass is 32.2. The van der Waals surface area contributed by atoms with Crippen LogP contribution in [0.4, 0.5) is 8.78 Å². The van der Waals surface area contributed by atoms with Crippen molar-refractivity contribution in [1.82, 2.24) is 9.29 Å². The summed E-state index contributed by atoms with van der Waals surface area (Å²) >= 11 is 0. The molecule has 0 amide bonds. The number of ether oxygens (including phenoxy) is 1. The maximum absolute atomic E-state index is 13.9. The normalized spacial score (nSPS) is 18.1. The quantitative estimate of drug-likeness (QED) is 0.686. The minimum absolute atomic E-state index is 0.0571. The van der Waals surface area contributed by atoms with Gasteiger partial charge in [0.25, 0.3) is 0 Å². The zero-order chi connectivity index (χ0) is 19.0. The molecular weight excluding hydrogens is 374 g/mol. The molecule has 0 aliphatic carbocycles. The summed E-state index contributed by atoms with van der Waals surface area (Å²) in [6.45, 7) is 0.225. The molecule has 2 heterocycles. The lowest BCUT2D eigenvalue weighted by Gasteiger charge is -2.18. The zero-order valence-corrected chi connectivity index (χ0v) is 15.0. The predicted molar refractivity (Wildman–Crippen MR) is 95.9 cm³/mol. The van der Waals surface area contributed by atoms with Crippen LogP contribution in [0.2, 0.25) is 0 Å². The lowest BCUT2D eigenvalue weighted by molar-refractivity contribution is 0.218. The van der Waals surface area contributed by atoms with Gasteiger partial charge in [0.15, 0.2) is 0 Å². The molecule has 0 N–H and O–H groups in total. The first-order chi connectivity index (χ1) is 12.9. The van der Waals surface area contributed by atoms with Crippen molar-refractivity contribution in [3.05, 3.63) is 66.4 Å². The van der Waals surface area contributed by atoms with E-state index in [1.165, 1.54) is 0 Å². The van der Waals surface area contributed by atoms with Gasteiger partial charge in [-0.3, -0.25) is 4.98 Å². The summed E-state index contributed by atoms with van der Waals surface area (Å²) < 4.78 is 59.7. The fourth-order valence-electron chi connectivity index (χ4n) is 3.18. The van der Waals surface area contributed by atoms with Crippen molar-refractivity contribution in [2.75, 3.05) is 13.1 Å². The number of benzene rings is 2. The van der Waals surface area contributed by atoms with Gasteiger partial charge in [0.2, 0.25) is 10.0 Å². The molecule has 1 saturated heterocycles. The predicted octanol–water partition coefficient (Wildman–Crippen LogP) is 3.36. The van der Waals surface area contributed by atoms with E-state index in [1.807, 2.05) is 24.3 Å². The van der Waals surface area contributed by atoms with Crippen molar-refractivity contribution in [2.45, 2.75) is 17.4 Å². The average molecular weight is 390 g/mol. The second-order valence-corrected chi connectivity index (χ2v) is 8.20. The van der Waals surface area contributed by atoms with Crippen LogP contribution in [0.3, 0.4) is 0 Å². The lowest BCUT2D eigenvalue weighted by atomic mass is 10.2. The molecule has 0 bridgehead atoms. The van der Waals surface area contributed by atoms with E-state index in [9.17, 15) is 17.2 Å². The SMILES string of the molecule is O=S(=O)(c1cc(F)ccc1F)N1CCC(Oc2cccc3cccnc23)C1. The van der Waals surface area contributed by atoms with E-state index in [-0.39, 0.29) is 13.1 Å². The Morgan fingerprint density at radius 1 is 1.11 bits per heavy atom. The largest absolute Gasteiger partial charge is 0.487 e. The molecule has 1 aromatic heterocycles. The van der Waals surface area contributed by atoms with Gasteiger partial charge < -0.3 is 4.74 Å². The third kappa shape index (κ3) is 3.38. The fourth-order valence-corrected chi connectivity index (χ4v) is 4.74. The zero-order valence-electron chi connectivity index (χ0n) is 14.2. The number of para-hydroxylation sites is 1. The molecule has 140 valence electrons. The Labute approximate surface area is 155 Å². The molecule has 0 spiro atoms. The van der Waals surface area contributed by atoms with E-state index < -0.39 is 32.7 Å². The van der Waals surface area contributed by atoms with Crippen LogP contribution >= 0.6 is 0 Å². The number of hydrogen-bond acceptors (Lipinski definition) is 4. The number of aromatic nitrogens is 1. The Kier molecular flexibility index (Phi) is 4.53. The van der Waals surface area contributed by atoms with Gasteiger partial charge in [0.1, 0.15) is 33.9 Å². The molecule has 0 saturated carbocycles. The molecule has 3 aromatic rings. The van der Waals surface area contributed by atoms with Gasteiger partial charge in [0.05, 0.1) is 6.54 Å². The Morgan fingerprint density at radius 2 is 1.93 bits per heavy atom. The van der Waals surface area contributed by atoms with Crippen LogP contribution in [-0.4, -0.2) is 36.9 Å². The van der Waals surface area contributed by atoms with E-state index in [1.54, 1.807) is 12.3 Å². The monoisotopic (exact) mass is 390 g/mol. The highest BCUT2D eigenvalue weighted by Gasteiger charge is 2.35. The maximum Gasteiger partial charge on any atom is 0.246 e. The van der Waals surface area contributed by atoms with Crippen molar-refractivity contribution >= 4 is 20.9 Å². The van der Waals surface area contributed by atoms with Crippen molar-refractivity contribution in [3.63, 3.8) is 0 Å². The molecule has 1 fully saturated rings. The highest BCUT2D eigenvalue weighted by molar-refractivity contribution is 7.89. The smallest absolute Gasteiger partial charge is 0.246 e. The maximum atomic E-state index is 13.9. The molecule has 4 rings (SSSR count). The third-order valence-electron chi connectivity index (χ3n) is 4.51. The lowest BCUT2D eigenvalue weighted by Crippen LogP contribution is -2.31. The van der Waals surface area contributed by atoms with Gasteiger partial charge in [0, 0.05) is 18.1 Å². The summed E-state index contributed by atoms with van der Waals surface area (Å²) in [5.41, 5.74) is 0.692.